The number of carbonyl (C=O) groups excluding carboxylic acids is 3. The number of aromatic nitrogens is 1. The van der Waals surface area contributed by atoms with Crippen LogP contribution in [-0.2, 0) is 9.47 Å². The molecule has 0 N–H and O–H groups in total. The number of likely N-dealkylation sites (tertiary alicyclic amines) is 1. The maximum atomic E-state index is 13.1. The summed E-state index contributed by atoms with van der Waals surface area (Å²) in [4.78, 5) is 43.6. The van der Waals surface area contributed by atoms with Crippen molar-refractivity contribution < 1.29 is 28.6 Å². The predicted molar refractivity (Wildman–Crippen MR) is 125 cm³/mol. The van der Waals surface area contributed by atoms with Crippen LogP contribution in [0.4, 0.5) is 4.79 Å². The van der Waals surface area contributed by atoms with E-state index in [2.05, 4.69) is 4.98 Å². The van der Waals surface area contributed by atoms with Crippen molar-refractivity contribution >= 4 is 17.8 Å². The number of ether oxygens (including phenoxy) is 3. The second-order valence-electron chi connectivity index (χ2n) is 9.91. The lowest BCUT2D eigenvalue weighted by Gasteiger charge is -2.44. The lowest BCUT2D eigenvalue weighted by Crippen LogP contribution is -2.52. The number of aryl methyl sites for hydroxylation is 1. The van der Waals surface area contributed by atoms with Crippen LogP contribution in [0.2, 0.25) is 0 Å². The van der Waals surface area contributed by atoms with Gasteiger partial charge < -0.3 is 19.1 Å². The Hall–Kier alpha value is -3.42. The van der Waals surface area contributed by atoms with Gasteiger partial charge in [0.05, 0.1) is 30.4 Å². The molecule has 8 heteroatoms. The summed E-state index contributed by atoms with van der Waals surface area (Å²) in [5, 5.41) is 0. The Morgan fingerprint density at radius 3 is 2.47 bits per heavy atom. The Morgan fingerprint density at radius 2 is 1.82 bits per heavy atom. The van der Waals surface area contributed by atoms with Crippen molar-refractivity contribution in [2.45, 2.75) is 58.2 Å². The van der Waals surface area contributed by atoms with E-state index in [9.17, 15) is 14.4 Å². The highest BCUT2D eigenvalue weighted by molar-refractivity contribution is 6.01. The van der Waals surface area contributed by atoms with Crippen molar-refractivity contribution in [2.24, 2.45) is 0 Å². The molecule has 3 heterocycles. The number of carbonyl (C=O) groups is 3. The van der Waals surface area contributed by atoms with Gasteiger partial charge in [0.1, 0.15) is 17.0 Å². The number of nitrogens with zero attached hydrogens (tertiary/aromatic N) is 2. The summed E-state index contributed by atoms with van der Waals surface area (Å²) in [7, 11) is 1.33. The number of amides is 1. The molecular formula is C26H30N2O6. The van der Waals surface area contributed by atoms with Crippen molar-refractivity contribution in [3.63, 3.8) is 0 Å². The maximum absolute atomic E-state index is 13.1. The zero-order valence-corrected chi connectivity index (χ0v) is 20.3. The highest BCUT2D eigenvalue weighted by atomic mass is 16.6. The third-order valence-electron chi connectivity index (χ3n) is 6.24. The number of hydrogen-bond donors (Lipinski definition) is 0. The summed E-state index contributed by atoms with van der Waals surface area (Å²) in [6.45, 7) is 8.21. The van der Waals surface area contributed by atoms with Crippen LogP contribution < -0.4 is 4.74 Å². The summed E-state index contributed by atoms with van der Waals surface area (Å²) < 4.78 is 16.7. The molecule has 0 saturated carbocycles. The summed E-state index contributed by atoms with van der Waals surface area (Å²) >= 11 is 0. The Kier molecular flexibility index (Phi) is 6.10. The SMILES string of the molecule is COC(=O)c1cc(-c2ccc3c(c2)C(=O)CC2(CCN(C(=O)OC(C)(C)C)CC2)O3)cnc1C. The Labute approximate surface area is 199 Å². The van der Waals surface area contributed by atoms with Crippen LogP contribution in [0, 0.1) is 6.92 Å². The number of esters is 1. The van der Waals surface area contributed by atoms with Crippen LogP contribution in [-0.4, -0.2) is 59.1 Å². The molecule has 4 rings (SSSR count). The van der Waals surface area contributed by atoms with E-state index in [0.29, 0.717) is 54.1 Å². The first kappa shape index (κ1) is 23.7. The molecule has 34 heavy (non-hydrogen) atoms. The molecular weight excluding hydrogens is 436 g/mol. The third-order valence-corrected chi connectivity index (χ3v) is 6.24. The molecule has 0 atom stereocenters. The molecule has 0 aliphatic carbocycles. The number of rotatable bonds is 2. The molecule has 1 amide bonds. The van der Waals surface area contributed by atoms with Crippen LogP contribution in [0.5, 0.6) is 5.75 Å². The molecule has 180 valence electrons. The minimum atomic E-state index is -0.617. The predicted octanol–water partition coefficient (Wildman–Crippen LogP) is 4.58. The monoisotopic (exact) mass is 466 g/mol. The number of piperidine rings is 1. The van der Waals surface area contributed by atoms with Crippen molar-refractivity contribution in [1.29, 1.82) is 0 Å². The molecule has 0 bridgehead atoms. The topological polar surface area (TPSA) is 95.0 Å². The van der Waals surface area contributed by atoms with Gasteiger partial charge in [0.25, 0.3) is 0 Å². The van der Waals surface area contributed by atoms with E-state index in [-0.39, 0.29) is 18.3 Å². The fourth-order valence-corrected chi connectivity index (χ4v) is 4.38. The second-order valence-corrected chi connectivity index (χ2v) is 9.91. The first-order valence-corrected chi connectivity index (χ1v) is 11.4. The van der Waals surface area contributed by atoms with Gasteiger partial charge in [-0.2, -0.15) is 0 Å². The summed E-state index contributed by atoms with van der Waals surface area (Å²) in [6, 6.07) is 7.15. The first-order chi connectivity index (χ1) is 16.0. The van der Waals surface area contributed by atoms with Gasteiger partial charge in [0.2, 0.25) is 0 Å². The second kappa shape index (κ2) is 8.74. The van der Waals surface area contributed by atoms with Crippen molar-refractivity contribution in [3.05, 3.63) is 47.3 Å². The van der Waals surface area contributed by atoms with E-state index in [4.69, 9.17) is 14.2 Å². The molecule has 1 aromatic heterocycles. The third kappa shape index (κ3) is 4.76. The number of benzene rings is 1. The maximum Gasteiger partial charge on any atom is 0.410 e. The number of hydrogen-bond acceptors (Lipinski definition) is 7. The summed E-state index contributed by atoms with van der Waals surface area (Å²) in [5.41, 5.74) is 1.79. The quantitative estimate of drug-likeness (QED) is 0.598. The fraction of sp³-hybridized carbons (Fsp3) is 0.462. The molecule has 0 radical (unpaired) electrons. The lowest BCUT2D eigenvalue weighted by molar-refractivity contribution is -0.0226. The molecule has 1 spiro atoms. The lowest BCUT2D eigenvalue weighted by atomic mass is 9.82. The standard InChI is InChI=1S/C26H30N2O6/c1-16-19(23(30)32-5)13-18(15-27-16)17-6-7-22-20(12-17)21(29)14-26(33-22)8-10-28(11-9-26)24(31)34-25(2,3)4/h6-7,12-13,15H,8-11,14H2,1-5H3. The van der Waals surface area contributed by atoms with Gasteiger partial charge in [-0.15, -0.1) is 0 Å². The minimum Gasteiger partial charge on any atom is -0.486 e. The van der Waals surface area contributed by atoms with Crippen LogP contribution in [0.3, 0.4) is 0 Å². The fourth-order valence-electron chi connectivity index (χ4n) is 4.38. The summed E-state index contributed by atoms with van der Waals surface area (Å²) in [5.74, 6) is 0.0879. The highest BCUT2D eigenvalue weighted by Gasteiger charge is 2.44. The van der Waals surface area contributed by atoms with Crippen LogP contribution in [0.1, 0.15) is 66.4 Å². The number of Topliss-reactive ketones (excluding diaryl/α,β-unsaturated/α-hetero) is 1. The molecule has 1 saturated heterocycles. The van der Waals surface area contributed by atoms with E-state index in [1.165, 1.54) is 7.11 Å². The number of pyridine rings is 1. The van der Waals surface area contributed by atoms with E-state index in [0.717, 1.165) is 5.56 Å². The number of fused-ring (bicyclic) bond motifs is 1. The van der Waals surface area contributed by atoms with Crippen molar-refractivity contribution in [1.82, 2.24) is 9.88 Å². The number of ketones is 1. The van der Waals surface area contributed by atoms with Gasteiger partial charge in [-0.05, 0) is 51.5 Å². The van der Waals surface area contributed by atoms with Gasteiger partial charge in [-0.25, -0.2) is 9.59 Å². The minimum absolute atomic E-state index is 0.00193. The van der Waals surface area contributed by atoms with E-state index >= 15 is 0 Å². The highest BCUT2D eigenvalue weighted by Crippen LogP contribution is 2.41. The van der Waals surface area contributed by atoms with Crippen LogP contribution >= 0.6 is 0 Å². The van der Waals surface area contributed by atoms with Crippen LogP contribution in [0.25, 0.3) is 11.1 Å². The molecule has 8 nitrogen and oxygen atoms in total. The van der Waals surface area contributed by atoms with E-state index < -0.39 is 17.2 Å². The molecule has 2 aliphatic rings. The smallest absolute Gasteiger partial charge is 0.410 e. The Bertz CT molecular complexity index is 1140. The Balaban J connectivity index is 1.52. The zero-order chi connectivity index (χ0) is 24.7. The first-order valence-electron chi connectivity index (χ1n) is 11.4. The average molecular weight is 467 g/mol. The normalized spacial score (nSPS) is 17.1. The molecule has 1 fully saturated rings. The molecule has 1 aromatic carbocycles. The van der Waals surface area contributed by atoms with Gasteiger partial charge in [0, 0.05) is 37.7 Å². The summed E-state index contributed by atoms with van der Waals surface area (Å²) in [6.07, 6.45) is 2.71. The van der Waals surface area contributed by atoms with Gasteiger partial charge in [-0.1, -0.05) is 6.07 Å². The van der Waals surface area contributed by atoms with Gasteiger partial charge in [-0.3, -0.25) is 9.78 Å². The molecule has 2 aromatic rings. The van der Waals surface area contributed by atoms with Gasteiger partial charge in [0.15, 0.2) is 5.78 Å². The van der Waals surface area contributed by atoms with Crippen molar-refractivity contribution in [2.75, 3.05) is 20.2 Å². The zero-order valence-electron chi connectivity index (χ0n) is 20.3. The van der Waals surface area contributed by atoms with E-state index in [1.54, 1.807) is 36.2 Å². The van der Waals surface area contributed by atoms with Crippen LogP contribution in [0.15, 0.2) is 30.5 Å². The number of methoxy groups -OCH3 is 1. The average Bonchev–Trinajstić information content (AvgIpc) is 2.78. The largest absolute Gasteiger partial charge is 0.486 e. The van der Waals surface area contributed by atoms with E-state index in [1.807, 2.05) is 26.8 Å². The molecule has 2 aliphatic heterocycles. The molecule has 0 unspecified atom stereocenters. The van der Waals surface area contributed by atoms with Gasteiger partial charge >= 0.3 is 12.1 Å². The Morgan fingerprint density at radius 1 is 1.12 bits per heavy atom. The van der Waals surface area contributed by atoms with Crippen molar-refractivity contribution in [3.8, 4) is 16.9 Å².